The maximum atomic E-state index is 13.6. The molecule has 0 saturated carbocycles. The highest BCUT2D eigenvalue weighted by Gasteiger charge is 2.41. The van der Waals surface area contributed by atoms with Crippen LogP contribution in [0.25, 0.3) is 6.08 Å². The number of piperidine rings is 1. The summed E-state index contributed by atoms with van der Waals surface area (Å²) in [5.74, 6) is -0.816. The first kappa shape index (κ1) is 23.9. The summed E-state index contributed by atoms with van der Waals surface area (Å²) >= 11 is 0. The molecule has 0 aromatic heterocycles. The normalized spacial score (nSPS) is 16.9. The number of likely N-dealkylation sites (tertiary alicyclic amines) is 1. The quantitative estimate of drug-likeness (QED) is 0.561. The summed E-state index contributed by atoms with van der Waals surface area (Å²) in [5.41, 5.74) is 3.49. The van der Waals surface area contributed by atoms with Crippen LogP contribution in [0.2, 0.25) is 0 Å². The molecule has 178 valence electrons. The molecule has 0 atom stereocenters. The lowest BCUT2D eigenvalue weighted by atomic mass is 9.98. The topological polar surface area (TPSA) is 59.1 Å². The second-order valence-corrected chi connectivity index (χ2v) is 8.75. The second-order valence-electron chi connectivity index (χ2n) is 8.75. The van der Waals surface area contributed by atoms with Crippen molar-refractivity contribution < 1.29 is 19.1 Å². The first-order chi connectivity index (χ1) is 16.5. The maximum absolute atomic E-state index is 13.6. The van der Waals surface area contributed by atoms with Gasteiger partial charge in [0.2, 0.25) is 5.91 Å². The van der Waals surface area contributed by atoms with Crippen molar-refractivity contribution >= 4 is 17.9 Å². The molecule has 6 heteroatoms. The van der Waals surface area contributed by atoms with E-state index in [1.165, 1.54) is 5.56 Å². The molecule has 2 fully saturated rings. The predicted molar refractivity (Wildman–Crippen MR) is 132 cm³/mol. The average Bonchev–Trinajstić information content (AvgIpc) is 3.32. The van der Waals surface area contributed by atoms with Crippen molar-refractivity contribution in [2.75, 3.05) is 39.4 Å². The molecule has 0 radical (unpaired) electrons. The molecule has 2 amide bonds. The number of amides is 2. The van der Waals surface area contributed by atoms with Crippen molar-refractivity contribution in [1.29, 1.82) is 0 Å². The fraction of sp³-hybridized carbons (Fsp3) is 0.357. The van der Waals surface area contributed by atoms with Gasteiger partial charge in [-0.15, -0.1) is 6.58 Å². The van der Waals surface area contributed by atoms with Gasteiger partial charge in [-0.25, -0.2) is 0 Å². The number of ether oxygens (including phenoxy) is 2. The first-order valence-electron chi connectivity index (χ1n) is 11.8. The summed E-state index contributed by atoms with van der Waals surface area (Å²) in [6.07, 6.45) is 5.35. The van der Waals surface area contributed by atoms with E-state index in [0.717, 1.165) is 17.5 Å². The average molecular weight is 461 g/mol. The van der Waals surface area contributed by atoms with Crippen LogP contribution >= 0.6 is 0 Å². The summed E-state index contributed by atoms with van der Waals surface area (Å²) in [5, 5.41) is 0. The fourth-order valence-corrected chi connectivity index (χ4v) is 4.60. The van der Waals surface area contributed by atoms with E-state index in [4.69, 9.17) is 9.47 Å². The highest BCUT2D eigenvalue weighted by Crippen LogP contribution is 2.31. The minimum atomic E-state index is -0.536. The third-order valence-electron chi connectivity index (χ3n) is 6.47. The smallest absolute Gasteiger partial charge is 0.255 e. The first-order valence-corrected chi connectivity index (χ1v) is 11.8. The molecule has 4 rings (SSSR count). The van der Waals surface area contributed by atoms with Crippen molar-refractivity contribution in [3.63, 3.8) is 0 Å². The Morgan fingerprint density at radius 1 is 1.00 bits per heavy atom. The Bertz CT molecular complexity index is 1030. The van der Waals surface area contributed by atoms with Crippen molar-refractivity contribution in [2.45, 2.75) is 25.0 Å². The van der Waals surface area contributed by atoms with Gasteiger partial charge < -0.3 is 19.3 Å². The molecule has 34 heavy (non-hydrogen) atoms. The Morgan fingerprint density at radius 2 is 1.71 bits per heavy atom. The number of carbonyl (C=O) groups is 2. The maximum Gasteiger partial charge on any atom is 0.255 e. The fourth-order valence-electron chi connectivity index (χ4n) is 4.60. The second kappa shape index (κ2) is 10.8. The van der Waals surface area contributed by atoms with Crippen molar-refractivity contribution in [2.24, 2.45) is 0 Å². The van der Waals surface area contributed by atoms with Crippen LogP contribution in [0.15, 0.2) is 67.8 Å². The number of hydrogen-bond donors (Lipinski definition) is 0. The predicted octanol–water partition coefficient (Wildman–Crippen LogP) is 3.91. The molecule has 2 aliphatic heterocycles. The highest BCUT2D eigenvalue weighted by molar-refractivity contribution is 5.99. The Hall–Kier alpha value is -3.22. The zero-order valence-electron chi connectivity index (χ0n) is 19.6. The molecular formula is C28H32N2O4. The van der Waals surface area contributed by atoms with Crippen LogP contribution in [0.1, 0.15) is 39.9 Å². The monoisotopic (exact) mass is 460 g/mol. The van der Waals surface area contributed by atoms with Crippen LogP contribution in [-0.4, -0.2) is 66.8 Å². The van der Waals surface area contributed by atoms with E-state index in [2.05, 4.69) is 25.3 Å². The van der Waals surface area contributed by atoms with Crippen LogP contribution < -0.4 is 0 Å². The van der Waals surface area contributed by atoms with Crippen LogP contribution in [0.3, 0.4) is 0 Å². The van der Waals surface area contributed by atoms with Crippen molar-refractivity contribution in [1.82, 2.24) is 9.80 Å². The summed E-state index contributed by atoms with van der Waals surface area (Å²) in [4.78, 5) is 30.0. The molecule has 2 saturated heterocycles. The number of rotatable bonds is 8. The van der Waals surface area contributed by atoms with Crippen molar-refractivity contribution in [3.8, 4) is 0 Å². The Morgan fingerprint density at radius 3 is 2.35 bits per heavy atom. The lowest BCUT2D eigenvalue weighted by molar-refractivity contribution is -0.187. The van der Waals surface area contributed by atoms with Gasteiger partial charge in [0.25, 0.3) is 5.91 Å². The summed E-state index contributed by atoms with van der Waals surface area (Å²) in [7, 11) is 0. The van der Waals surface area contributed by atoms with E-state index in [1.807, 2.05) is 36.4 Å². The molecule has 0 bridgehead atoms. The van der Waals surface area contributed by atoms with Gasteiger partial charge in [-0.05, 0) is 29.2 Å². The van der Waals surface area contributed by atoms with Gasteiger partial charge in [-0.1, -0.05) is 61.2 Å². The molecule has 1 spiro atoms. The van der Waals surface area contributed by atoms with Crippen LogP contribution in [0, 0.1) is 0 Å². The molecule has 2 heterocycles. The molecule has 0 aliphatic carbocycles. The standard InChI is InChI=1S/C28H32N2O4/c1-3-14-30(21-26(31)29-15-12-28(13-16-29)33-17-18-34-28)27(32)25-20-23(10-11-24(25)4-2)19-22-8-6-5-7-9-22/h3-11,20H,1-2,12-19,21H2. The van der Waals surface area contributed by atoms with Gasteiger partial charge in [0.15, 0.2) is 5.79 Å². The zero-order valence-corrected chi connectivity index (χ0v) is 19.6. The lowest BCUT2D eigenvalue weighted by Crippen LogP contribution is -2.50. The molecule has 2 aromatic carbocycles. The lowest BCUT2D eigenvalue weighted by Gasteiger charge is -2.38. The zero-order chi connectivity index (χ0) is 24.0. The Labute approximate surface area is 201 Å². The van der Waals surface area contributed by atoms with Gasteiger partial charge in [0, 0.05) is 38.0 Å². The molecule has 2 aliphatic rings. The van der Waals surface area contributed by atoms with Gasteiger partial charge in [-0.2, -0.15) is 0 Å². The molecular weight excluding hydrogens is 428 g/mol. The van der Waals surface area contributed by atoms with E-state index < -0.39 is 5.79 Å². The molecule has 6 nitrogen and oxygen atoms in total. The van der Waals surface area contributed by atoms with E-state index >= 15 is 0 Å². The van der Waals surface area contributed by atoms with E-state index in [9.17, 15) is 9.59 Å². The van der Waals surface area contributed by atoms with E-state index in [0.29, 0.717) is 44.7 Å². The molecule has 0 N–H and O–H groups in total. The van der Waals surface area contributed by atoms with Gasteiger partial charge >= 0.3 is 0 Å². The number of hydrogen-bond acceptors (Lipinski definition) is 4. The minimum Gasteiger partial charge on any atom is -0.347 e. The van der Waals surface area contributed by atoms with Crippen molar-refractivity contribution in [3.05, 3.63) is 90.0 Å². The third kappa shape index (κ3) is 5.46. The van der Waals surface area contributed by atoms with Gasteiger partial charge in [0.05, 0.1) is 13.2 Å². The van der Waals surface area contributed by atoms with Gasteiger partial charge in [0.1, 0.15) is 6.54 Å². The summed E-state index contributed by atoms with van der Waals surface area (Å²) in [6, 6.07) is 16.0. The van der Waals surface area contributed by atoms with Crippen LogP contribution in [0.5, 0.6) is 0 Å². The number of carbonyl (C=O) groups excluding carboxylic acids is 2. The Balaban J connectivity index is 1.47. The largest absolute Gasteiger partial charge is 0.347 e. The minimum absolute atomic E-state index is 0.000929. The Kier molecular flexibility index (Phi) is 7.60. The summed E-state index contributed by atoms with van der Waals surface area (Å²) in [6.45, 7) is 10.3. The number of benzene rings is 2. The van der Waals surface area contributed by atoms with Crippen LogP contribution in [-0.2, 0) is 20.7 Å². The van der Waals surface area contributed by atoms with E-state index in [-0.39, 0.29) is 24.9 Å². The van der Waals surface area contributed by atoms with Gasteiger partial charge in [-0.3, -0.25) is 9.59 Å². The van der Waals surface area contributed by atoms with Crippen LogP contribution in [0.4, 0.5) is 0 Å². The summed E-state index contributed by atoms with van der Waals surface area (Å²) < 4.78 is 11.5. The van der Waals surface area contributed by atoms with E-state index in [1.54, 1.807) is 22.0 Å². The molecule has 0 unspecified atom stereocenters. The highest BCUT2D eigenvalue weighted by atomic mass is 16.7. The SMILES string of the molecule is C=CCN(CC(=O)N1CCC2(CC1)OCCO2)C(=O)c1cc(Cc2ccccc2)ccc1C=C. The number of nitrogens with zero attached hydrogens (tertiary/aromatic N) is 2. The third-order valence-corrected chi connectivity index (χ3v) is 6.47. The molecule has 2 aromatic rings.